The third kappa shape index (κ3) is 4.96. The molecule has 3 heteroatoms. The molecular weight excluding hydrogens is 226 g/mol. The molecule has 0 fully saturated rings. The highest BCUT2D eigenvalue weighted by Crippen LogP contribution is 2.27. The Morgan fingerprint density at radius 3 is 2.28 bits per heavy atom. The van der Waals surface area contributed by atoms with Crippen molar-refractivity contribution in [1.29, 1.82) is 0 Å². The van der Waals surface area contributed by atoms with Crippen LogP contribution in [-0.2, 0) is 6.42 Å². The second-order valence-corrected chi connectivity index (χ2v) is 4.99. The summed E-state index contributed by atoms with van der Waals surface area (Å²) in [7, 11) is 0. The minimum absolute atomic E-state index is 0.163. The maximum absolute atomic E-state index is 5.84. The number of benzene rings is 1. The predicted molar refractivity (Wildman–Crippen MR) is 75.3 cm³/mol. The summed E-state index contributed by atoms with van der Waals surface area (Å²) < 4.78 is 11.5. The van der Waals surface area contributed by atoms with E-state index in [4.69, 9.17) is 15.2 Å². The van der Waals surface area contributed by atoms with Crippen molar-refractivity contribution < 1.29 is 9.47 Å². The third-order valence-electron chi connectivity index (χ3n) is 2.42. The summed E-state index contributed by atoms with van der Waals surface area (Å²) in [6.45, 7) is 8.80. The summed E-state index contributed by atoms with van der Waals surface area (Å²) in [5.41, 5.74) is 6.76. The normalized spacial score (nSPS) is 11.1. The van der Waals surface area contributed by atoms with Crippen molar-refractivity contribution in [2.24, 2.45) is 5.73 Å². The van der Waals surface area contributed by atoms with Crippen LogP contribution in [0.2, 0.25) is 0 Å². The number of hydrogen-bond donors (Lipinski definition) is 1. The van der Waals surface area contributed by atoms with E-state index in [1.165, 1.54) is 5.56 Å². The van der Waals surface area contributed by atoms with Crippen molar-refractivity contribution in [1.82, 2.24) is 0 Å². The SMILES string of the molecule is CC(C)Oc1ccc(CCCN)c(OC(C)C)c1. The van der Waals surface area contributed by atoms with Gasteiger partial charge in [-0.2, -0.15) is 0 Å². The minimum atomic E-state index is 0.163. The second kappa shape index (κ2) is 7.27. The number of aryl methyl sites for hydroxylation is 1. The van der Waals surface area contributed by atoms with E-state index in [2.05, 4.69) is 6.07 Å². The highest BCUT2D eigenvalue weighted by atomic mass is 16.5. The minimum Gasteiger partial charge on any atom is -0.491 e. The van der Waals surface area contributed by atoms with Crippen molar-refractivity contribution in [3.8, 4) is 11.5 Å². The molecule has 0 aliphatic carbocycles. The fourth-order valence-electron chi connectivity index (χ4n) is 1.74. The first-order chi connectivity index (χ1) is 8.52. The van der Waals surface area contributed by atoms with E-state index in [-0.39, 0.29) is 12.2 Å². The Hall–Kier alpha value is -1.22. The van der Waals surface area contributed by atoms with E-state index in [1.54, 1.807) is 0 Å². The van der Waals surface area contributed by atoms with E-state index < -0.39 is 0 Å². The van der Waals surface area contributed by atoms with Gasteiger partial charge in [0.1, 0.15) is 11.5 Å². The zero-order valence-corrected chi connectivity index (χ0v) is 11.9. The Kier molecular flexibility index (Phi) is 5.99. The van der Waals surface area contributed by atoms with Crippen LogP contribution in [0.25, 0.3) is 0 Å². The molecule has 1 aromatic carbocycles. The molecule has 0 saturated carbocycles. The lowest BCUT2D eigenvalue weighted by Gasteiger charge is -2.17. The third-order valence-corrected chi connectivity index (χ3v) is 2.42. The maximum atomic E-state index is 5.84. The van der Waals surface area contributed by atoms with Crippen molar-refractivity contribution in [2.75, 3.05) is 6.54 Å². The number of ether oxygens (including phenoxy) is 2. The first-order valence-corrected chi connectivity index (χ1v) is 6.69. The molecule has 0 saturated heterocycles. The maximum Gasteiger partial charge on any atom is 0.126 e. The Balaban J connectivity index is 2.88. The number of rotatable bonds is 7. The first kappa shape index (κ1) is 14.8. The molecule has 18 heavy (non-hydrogen) atoms. The van der Waals surface area contributed by atoms with Gasteiger partial charge in [-0.1, -0.05) is 6.07 Å². The number of hydrogen-bond acceptors (Lipinski definition) is 3. The van der Waals surface area contributed by atoms with E-state index in [1.807, 2.05) is 39.8 Å². The molecule has 0 radical (unpaired) electrons. The van der Waals surface area contributed by atoms with Gasteiger partial charge >= 0.3 is 0 Å². The van der Waals surface area contributed by atoms with Crippen LogP contribution in [0.1, 0.15) is 39.7 Å². The molecule has 3 nitrogen and oxygen atoms in total. The smallest absolute Gasteiger partial charge is 0.126 e. The summed E-state index contributed by atoms with van der Waals surface area (Å²) in [4.78, 5) is 0. The van der Waals surface area contributed by atoms with Crippen molar-refractivity contribution in [3.63, 3.8) is 0 Å². The van der Waals surface area contributed by atoms with Gasteiger partial charge in [0.05, 0.1) is 12.2 Å². The Morgan fingerprint density at radius 1 is 1.06 bits per heavy atom. The van der Waals surface area contributed by atoms with E-state index in [0.717, 1.165) is 24.3 Å². The topological polar surface area (TPSA) is 44.5 Å². The predicted octanol–water partition coefficient (Wildman–Crippen LogP) is 3.15. The quantitative estimate of drug-likeness (QED) is 0.809. The summed E-state index contributed by atoms with van der Waals surface area (Å²) >= 11 is 0. The van der Waals surface area contributed by atoms with Crippen LogP contribution < -0.4 is 15.2 Å². The molecule has 1 aromatic rings. The van der Waals surface area contributed by atoms with E-state index in [9.17, 15) is 0 Å². The molecule has 0 aliphatic rings. The Labute approximate surface area is 110 Å². The second-order valence-electron chi connectivity index (χ2n) is 4.99. The van der Waals surface area contributed by atoms with Gasteiger partial charge in [-0.05, 0) is 58.7 Å². The summed E-state index contributed by atoms with van der Waals surface area (Å²) in [6, 6.07) is 6.05. The van der Waals surface area contributed by atoms with Crippen LogP contribution in [0.5, 0.6) is 11.5 Å². The molecule has 2 N–H and O–H groups in total. The van der Waals surface area contributed by atoms with Crippen LogP contribution in [0, 0.1) is 0 Å². The average molecular weight is 251 g/mol. The van der Waals surface area contributed by atoms with Crippen molar-refractivity contribution in [2.45, 2.75) is 52.7 Å². The lowest BCUT2D eigenvalue weighted by Crippen LogP contribution is -2.10. The molecule has 102 valence electrons. The highest BCUT2D eigenvalue weighted by molar-refractivity contribution is 5.41. The first-order valence-electron chi connectivity index (χ1n) is 6.69. The molecule has 0 aliphatic heterocycles. The lowest BCUT2D eigenvalue weighted by molar-refractivity contribution is 0.227. The van der Waals surface area contributed by atoms with Gasteiger partial charge in [0, 0.05) is 6.07 Å². The number of nitrogens with two attached hydrogens (primary N) is 1. The van der Waals surface area contributed by atoms with Gasteiger partial charge in [0.2, 0.25) is 0 Å². The fourth-order valence-corrected chi connectivity index (χ4v) is 1.74. The van der Waals surface area contributed by atoms with E-state index in [0.29, 0.717) is 6.54 Å². The van der Waals surface area contributed by atoms with Crippen molar-refractivity contribution >= 4 is 0 Å². The molecule has 1 rings (SSSR count). The molecular formula is C15H25NO2. The lowest BCUT2D eigenvalue weighted by atomic mass is 10.1. The van der Waals surface area contributed by atoms with Crippen LogP contribution >= 0.6 is 0 Å². The van der Waals surface area contributed by atoms with Crippen LogP contribution in [0.4, 0.5) is 0 Å². The van der Waals surface area contributed by atoms with Gasteiger partial charge < -0.3 is 15.2 Å². The molecule has 0 bridgehead atoms. The van der Waals surface area contributed by atoms with Crippen molar-refractivity contribution in [3.05, 3.63) is 23.8 Å². The fraction of sp³-hybridized carbons (Fsp3) is 0.600. The molecule has 0 atom stereocenters. The molecule has 0 heterocycles. The Bertz CT molecular complexity index is 362. The van der Waals surface area contributed by atoms with E-state index >= 15 is 0 Å². The molecule has 0 aromatic heterocycles. The Morgan fingerprint density at radius 2 is 1.72 bits per heavy atom. The summed E-state index contributed by atoms with van der Waals surface area (Å²) in [5, 5.41) is 0. The average Bonchev–Trinajstić information content (AvgIpc) is 2.26. The largest absolute Gasteiger partial charge is 0.491 e. The molecule has 0 spiro atoms. The van der Waals surface area contributed by atoms with Crippen LogP contribution in [0.3, 0.4) is 0 Å². The van der Waals surface area contributed by atoms with Gasteiger partial charge in [-0.15, -0.1) is 0 Å². The standard InChI is InChI=1S/C15H25NO2/c1-11(2)17-14-8-7-13(6-5-9-16)15(10-14)18-12(3)4/h7-8,10-12H,5-6,9,16H2,1-4H3. The highest BCUT2D eigenvalue weighted by Gasteiger charge is 2.08. The van der Waals surface area contributed by atoms with Gasteiger partial charge in [-0.25, -0.2) is 0 Å². The zero-order chi connectivity index (χ0) is 13.5. The van der Waals surface area contributed by atoms with Crippen LogP contribution in [0.15, 0.2) is 18.2 Å². The summed E-state index contributed by atoms with van der Waals surface area (Å²) in [6.07, 6.45) is 2.25. The van der Waals surface area contributed by atoms with Gasteiger partial charge in [-0.3, -0.25) is 0 Å². The van der Waals surface area contributed by atoms with Gasteiger partial charge in [0.15, 0.2) is 0 Å². The summed E-state index contributed by atoms with van der Waals surface area (Å²) in [5.74, 6) is 1.77. The zero-order valence-electron chi connectivity index (χ0n) is 11.9. The van der Waals surface area contributed by atoms with Crippen LogP contribution in [-0.4, -0.2) is 18.8 Å². The molecule has 0 amide bonds. The molecule has 0 unspecified atom stereocenters. The monoisotopic (exact) mass is 251 g/mol. The van der Waals surface area contributed by atoms with Gasteiger partial charge in [0.25, 0.3) is 0 Å².